The van der Waals surface area contributed by atoms with Gasteiger partial charge in [0.15, 0.2) is 11.6 Å². The van der Waals surface area contributed by atoms with Crippen LogP contribution < -0.4 is 9.47 Å². The Kier molecular flexibility index (Phi) is 4.43. The van der Waals surface area contributed by atoms with Gasteiger partial charge in [0.25, 0.3) is 0 Å². The molecule has 2 aromatic rings. The minimum Gasteiger partial charge on any atom is -0.497 e. The molecular formula is C15H14BrFO2. The molecule has 19 heavy (non-hydrogen) atoms. The molecule has 0 spiro atoms. The van der Waals surface area contributed by atoms with Crippen molar-refractivity contribution in [2.24, 2.45) is 0 Å². The van der Waals surface area contributed by atoms with Crippen LogP contribution in [0.2, 0.25) is 0 Å². The number of benzene rings is 2. The first kappa shape index (κ1) is 13.9. The molecule has 0 heterocycles. The van der Waals surface area contributed by atoms with Crippen LogP contribution in [-0.4, -0.2) is 14.2 Å². The molecule has 0 bridgehead atoms. The Morgan fingerprint density at radius 3 is 2.16 bits per heavy atom. The smallest absolute Gasteiger partial charge is 0.165 e. The maximum absolute atomic E-state index is 13.4. The maximum atomic E-state index is 13.4. The quantitative estimate of drug-likeness (QED) is 0.779. The highest BCUT2D eigenvalue weighted by Crippen LogP contribution is 2.34. The highest BCUT2D eigenvalue weighted by Gasteiger charge is 2.13. The number of rotatable bonds is 4. The third kappa shape index (κ3) is 3.07. The number of methoxy groups -OCH3 is 2. The molecule has 0 fully saturated rings. The zero-order valence-electron chi connectivity index (χ0n) is 10.7. The Morgan fingerprint density at radius 1 is 0.947 bits per heavy atom. The molecule has 0 aliphatic rings. The van der Waals surface area contributed by atoms with Crippen molar-refractivity contribution < 1.29 is 13.9 Å². The molecule has 0 aliphatic heterocycles. The van der Waals surface area contributed by atoms with Crippen LogP contribution in [0, 0.1) is 5.82 Å². The van der Waals surface area contributed by atoms with Crippen molar-refractivity contribution in [3.63, 3.8) is 0 Å². The zero-order valence-corrected chi connectivity index (χ0v) is 12.3. The first-order chi connectivity index (χ1) is 9.15. The van der Waals surface area contributed by atoms with E-state index in [9.17, 15) is 4.39 Å². The zero-order chi connectivity index (χ0) is 13.8. The number of alkyl halides is 1. The lowest BCUT2D eigenvalue weighted by molar-refractivity contribution is 0.386. The molecule has 0 N–H and O–H groups in total. The van der Waals surface area contributed by atoms with E-state index in [4.69, 9.17) is 9.47 Å². The van der Waals surface area contributed by atoms with Crippen LogP contribution in [0.25, 0.3) is 0 Å². The lowest BCUT2D eigenvalue weighted by atomic mass is 10.0. The van der Waals surface area contributed by atoms with Crippen LogP contribution in [-0.2, 0) is 0 Å². The fourth-order valence-electron chi connectivity index (χ4n) is 1.80. The van der Waals surface area contributed by atoms with Crippen LogP contribution in [0.5, 0.6) is 11.5 Å². The molecule has 2 aromatic carbocycles. The Hall–Kier alpha value is -1.55. The number of halogens is 2. The molecule has 0 radical (unpaired) electrons. The summed E-state index contributed by atoms with van der Waals surface area (Å²) in [5.41, 5.74) is 2.00. The Bertz CT molecular complexity index is 555. The van der Waals surface area contributed by atoms with Crippen LogP contribution in [0.15, 0.2) is 42.5 Å². The molecule has 0 aliphatic carbocycles. The van der Waals surface area contributed by atoms with Gasteiger partial charge in [-0.15, -0.1) is 0 Å². The van der Waals surface area contributed by atoms with Gasteiger partial charge in [-0.25, -0.2) is 4.39 Å². The minimum atomic E-state index is -0.360. The highest BCUT2D eigenvalue weighted by atomic mass is 79.9. The molecular weight excluding hydrogens is 311 g/mol. The van der Waals surface area contributed by atoms with E-state index in [0.717, 1.165) is 16.9 Å². The van der Waals surface area contributed by atoms with E-state index in [1.54, 1.807) is 19.2 Å². The van der Waals surface area contributed by atoms with Gasteiger partial charge in [-0.2, -0.15) is 0 Å². The lowest BCUT2D eigenvalue weighted by Gasteiger charge is -2.13. The second-order valence-electron chi connectivity index (χ2n) is 4.03. The summed E-state index contributed by atoms with van der Waals surface area (Å²) in [4.78, 5) is -0.0205. The standard InChI is InChI=1S/C15H14BrFO2/c1-18-12-6-3-10(4-7-12)15(16)11-5-8-13(17)14(9-11)19-2/h3-9,15H,1-2H3. The molecule has 100 valence electrons. The second-order valence-corrected chi connectivity index (χ2v) is 4.95. The van der Waals surface area contributed by atoms with E-state index < -0.39 is 0 Å². The summed E-state index contributed by atoms with van der Waals surface area (Å²) in [6.45, 7) is 0. The summed E-state index contributed by atoms with van der Waals surface area (Å²) in [5, 5.41) is 0. The van der Waals surface area contributed by atoms with Crippen molar-refractivity contribution in [2.45, 2.75) is 4.83 Å². The summed E-state index contributed by atoms with van der Waals surface area (Å²) in [5.74, 6) is 0.691. The molecule has 2 nitrogen and oxygen atoms in total. The van der Waals surface area contributed by atoms with Crippen molar-refractivity contribution in [2.75, 3.05) is 14.2 Å². The van der Waals surface area contributed by atoms with Gasteiger partial charge in [-0.05, 0) is 35.4 Å². The number of ether oxygens (including phenoxy) is 2. The van der Waals surface area contributed by atoms with Gasteiger partial charge in [0.1, 0.15) is 5.75 Å². The predicted octanol–water partition coefficient (Wildman–Crippen LogP) is 4.33. The number of hydrogen-bond donors (Lipinski definition) is 0. The van der Waals surface area contributed by atoms with Crippen molar-refractivity contribution in [1.29, 1.82) is 0 Å². The summed E-state index contributed by atoms with van der Waals surface area (Å²) in [6.07, 6.45) is 0. The Balaban J connectivity index is 2.29. The van der Waals surface area contributed by atoms with Gasteiger partial charge in [0.2, 0.25) is 0 Å². The monoisotopic (exact) mass is 324 g/mol. The van der Waals surface area contributed by atoms with Crippen LogP contribution in [0.3, 0.4) is 0 Å². The normalized spacial score (nSPS) is 12.0. The Morgan fingerprint density at radius 2 is 1.58 bits per heavy atom. The van der Waals surface area contributed by atoms with E-state index in [0.29, 0.717) is 0 Å². The van der Waals surface area contributed by atoms with E-state index >= 15 is 0 Å². The van der Waals surface area contributed by atoms with Crippen LogP contribution in [0.1, 0.15) is 16.0 Å². The van der Waals surface area contributed by atoms with Crippen LogP contribution in [0.4, 0.5) is 4.39 Å². The first-order valence-corrected chi connectivity index (χ1v) is 6.68. The molecule has 1 unspecified atom stereocenters. The molecule has 2 rings (SSSR count). The minimum absolute atomic E-state index is 0.0205. The third-order valence-electron chi connectivity index (χ3n) is 2.88. The Labute approximate surface area is 120 Å². The van der Waals surface area contributed by atoms with Gasteiger partial charge in [0.05, 0.1) is 19.0 Å². The summed E-state index contributed by atoms with van der Waals surface area (Å²) < 4.78 is 23.5. The molecule has 0 saturated carbocycles. The van der Waals surface area contributed by atoms with Crippen molar-refractivity contribution in [3.8, 4) is 11.5 Å². The predicted molar refractivity (Wildman–Crippen MR) is 76.7 cm³/mol. The van der Waals surface area contributed by atoms with Crippen molar-refractivity contribution in [3.05, 3.63) is 59.4 Å². The molecule has 4 heteroatoms. The average Bonchev–Trinajstić information content (AvgIpc) is 2.47. The molecule has 0 aromatic heterocycles. The van der Waals surface area contributed by atoms with E-state index in [-0.39, 0.29) is 16.4 Å². The highest BCUT2D eigenvalue weighted by molar-refractivity contribution is 9.09. The largest absolute Gasteiger partial charge is 0.497 e. The van der Waals surface area contributed by atoms with Crippen molar-refractivity contribution in [1.82, 2.24) is 0 Å². The van der Waals surface area contributed by atoms with Gasteiger partial charge in [-0.3, -0.25) is 0 Å². The second kappa shape index (κ2) is 6.06. The summed E-state index contributed by atoms with van der Waals surface area (Å²) in [7, 11) is 3.09. The molecule has 0 saturated heterocycles. The topological polar surface area (TPSA) is 18.5 Å². The van der Waals surface area contributed by atoms with E-state index in [1.807, 2.05) is 24.3 Å². The summed E-state index contributed by atoms with van der Waals surface area (Å²) >= 11 is 3.61. The van der Waals surface area contributed by atoms with Crippen molar-refractivity contribution >= 4 is 15.9 Å². The average molecular weight is 325 g/mol. The number of hydrogen-bond acceptors (Lipinski definition) is 2. The van der Waals surface area contributed by atoms with E-state index in [2.05, 4.69) is 15.9 Å². The molecule has 0 amide bonds. The maximum Gasteiger partial charge on any atom is 0.165 e. The fourth-order valence-corrected chi connectivity index (χ4v) is 2.39. The molecule has 1 atom stereocenters. The summed E-state index contributed by atoms with van der Waals surface area (Å²) in [6, 6.07) is 12.6. The SMILES string of the molecule is COc1ccc(C(Br)c2ccc(F)c(OC)c2)cc1. The van der Waals surface area contributed by atoms with Gasteiger partial charge >= 0.3 is 0 Å². The first-order valence-electron chi connectivity index (χ1n) is 5.77. The fraction of sp³-hybridized carbons (Fsp3) is 0.200. The third-order valence-corrected chi connectivity index (χ3v) is 3.93. The van der Waals surface area contributed by atoms with Gasteiger partial charge in [-0.1, -0.05) is 34.1 Å². The lowest BCUT2D eigenvalue weighted by Crippen LogP contribution is -1.96. The van der Waals surface area contributed by atoms with Crippen LogP contribution >= 0.6 is 15.9 Å². The van der Waals surface area contributed by atoms with E-state index in [1.165, 1.54) is 13.2 Å². The van der Waals surface area contributed by atoms with Gasteiger partial charge in [0, 0.05) is 0 Å². The van der Waals surface area contributed by atoms with Gasteiger partial charge < -0.3 is 9.47 Å².